The molecule has 0 fully saturated rings. The van der Waals surface area contributed by atoms with E-state index >= 15 is 0 Å². The van der Waals surface area contributed by atoms with E-state index in [-0.39, 0.29) is 0 Å². The van der Waals surface area contributed by atoms with Gasteiger partial charge in [0.2, 0.25) is 0 Å². The first-order valence-corrected chi connectivity index (χ1v) is 7.50. The summed E-state index contributed by atoms with van der Waals surface area (Å²) in [4.78, 5) is 4.22. The third-order valence-corrected chi connectivity index (χ3v) is 4.40. The van der Waals surface area contributed by atoms with Crippen LogP contribution in [0.4, 0.5) is 5.69 Å². The van der Waals surface area contributed by atoms with E-state index < -0.39 is 0 Å². The molecule has 1 heterocycles. The van der Waals surface area contributed by atoms with Crippen molar-refractivity contribution in [3.05, 3.63) is 58.4 Å². The average Bonchev–Trinajstić information content (AvgIpc) is 2.46. The zero-order valence-corrected chi connectivity index (χ0v) is 12.6. The van der Waals surface area contributed by atoms with Crippen molar-refractivity contribution < 1.29 is 0 Å². The summed E-state index contributed by atoms with van der Waals surface area (Å²) in [6.07, 6.45) is 4.12. The number of nitrogens with one attached hydrogen (secondary N) is 1. The molecule has 0 saturated heterocycles. The van der Waals surface area contributed by atoms with Gasteiger partial charge in [-0.1, -0.05) is 42.8 Å². The molecule has 0 aliphatic heterocycles. The monoisotopic (exact) mass is 286 g/mol. The van der Waals surface area contributed by atoms with Gasteiger partial charge in [0.25, 0.3) is 0 Å². The molecule has 3 rings (SSSR count). The van der Waals surface area contributed by atoms with Gasteiger partial charge in [0.1, 0.15) is 0 Å². The Morgan fingerprint density at radius 3 is 2.75 bits per heavy atom. The Morgan fingerprint density at radius 2 is 1.95 bits per heavy atom. The fourth-order valence-corrected chi connectivity index (χ4v) is 3.15. The topological polar surface area (TPSA) is 24.9 Å². The third kappa shape index (κ3) is 2.53. The summed E-state index contributed by atoms with van der Waals surface area (Å²) in [6.45, 7) is 4.33. The molecule has 2 unspecified atom stereocenters. The van der Waals surface area contributed by atoms with Crippen molar-refractivity contribution in [2.45, 2.75) is 38.6 Å². The number of rotatable bonds is 2. The summed E-state index contributed by atoms with van der Waals surface area (Å²) >= 11 is 6.20. The van der Waals surface area contributed by atoms with Crippen LogP contribution < -0.4 is 5.32 Å². The van der Waals surface area contributed by atoms with E-state index in [1.807, 2.05) is 6.92 Å². The van der Waals surface area contributed by atoms with Crippen LogP contribution in [0.15, 0.2) is 36.5 Å². The maximum Gasteiger partial charge on any atom is 0.152 e. The number of benzene rings is 1. The van der Waals surface area contributed by atoms with Gasteiger partial charge in [-0.3, -0.25) is 0 Å². The fourth-order valence-electron chi connectivity index (χ4n) is 3.00. The number of hydrogen-bond donors (Lipinski definition) is 1. The molecular formula is C17H19ClN2. The normalized spacial score (nSPS) is 21.4. The first kappa shape index (κ1) is 13.4. The lowest BCUT2D eigenvalue weighted by Gasteiger charge is -2.31. The molecule has 1 aliphatic rings. The van der Waals surface area contributed by atoms with Crippen molar-refractivity contribution in [3.8, 4) is 0 Å². The maximum atomic E-state index is 6.20. The summed E-state index contributed by atoms with van der Waals surface area (Å²) in [5.41, 5.74) is 4.90. The molecule has 1 aliphatic carbocycles. The van der Waals surface area contributed by atoms with Crippen molar-refractivity contribution >= 4 is 17.3 Å². The largest absolute Gasteiger partial charge is 0.376 e. The first-order chi connectivity index (χ1) is 9.65. The molecule has 1 aromatic carbocycles. The summed E-state index contributed by atoms with van der Waals surface area (Å²) < 4.78 is 0. The maximum absolute atomic E-state index is 6.20. The van der Waals surface area contributed by atoms with Crippen molar-refractivity contribution in [1.29, 1.82) is 0 Å². The van der Waals surface area contributed by atoms with Gasteiger partial charge >= 0.3 is 0 Å². The molecule has 1 N–H and O–H groups in total. The predicted molar refractivity (Wildman–Crippen MR) is 84.4 cm³/mol. The molecule has 2 nitrogen and oxygen atoms in total. The van der Waals surface area contributed by atoms with Crippen LogP contribution in [0.5, 0.6) is 0 Å². The Kier molecular flexibility index (Phi) is 3.66. The van der Waals surface area contributed by atoms with Crippen LogP contribution in [0.2, 0.25) is 5.15 Å². The van der Waals surface area contributed by atoms with Crippen molar-refractivity contribution in [1.82, 2.24) is 4.98 Å². The van der Waals surface area contributed by atoms with E-state index in [1.54, 1.807) is 6.20 Å². The number of nitrogens with zero attached hydrogens (tertiary/aromatic N) is 1. The van der Waals surface area contributed by atoms with Crippen LogP contribution in [-0.4, -0.2) is 4.98 Å². The highest BCUT2D eigenvalue weighted by Crippen LogP contribution is 2.39. The quantitative estimate of drug-likeness (QED) is 0.778. The molecule has 0 bridgehead atoms. The lowest BCUT2D eigenvalue weighted by molar-refractivity contribution is 0.534. The second-order valence-electron chi connectivity index (χ2n) is 5.66. The van der Waals surface area contributed by atoms with Crippen LogP contribution in [0.3, 0.4) is 0 Å². The highest BCUT2D eigenvalue weighted by atomic mass is 35.5. The van der Waals surface area contributed by atoms with Gasteiger partial charge in [-0.15, -0.1) is 0 Å². The number of anilines is 1. The summed E-state index contributed by atoms with van der Waals surface area (Å²) in [5, 5.41) is 4.12. The summed E-state index contributed by atoms with van der Waals surface area (Å²) in [6, 6.07) is 11.1. The van der Waals surface area contributed by atoms with Crippen LogP contribution >= 0.6 is 11.6 Å². The molecule has 0 saturated carbocycles. The lowest BCUT2D eigenvalue weighted by atomic mass is 9.81. The highest BCUT2D eigenvalue weighted by molar-refractivity contribution is 6.32. The van der Waals surface area contributed by atoms with Crippen molar-refractivity contribution in [3.63, 3.8) is 0 Å². The Hall–Kier alpha value is -1.54. The molecule has 104 valence electrons. The van der Waals surface area contributed by atoms with E-state index in [1.165, 1.54) is 17.5 Å². The summed E-state index contributed by atoms with van der Waals surface area (Å²) in [5.74, 6) is 0.635. The van der Waals surface area contributed by atoms with E-state index in [2.05, 4.69) is 47.6 Å². The standard InChI is InChI=1S/C17H19ClN2/c1-11-9-16(17(18)19-10-11)20-15-8-7-12(2)13-5-3-4-6-14(13)15/h3-6,9-10,12,15,20H,7-8H2,1-2H3. The number of fused-ring (bicyclic) bond motifs is 1. The first-order valence-electron chi connectivity index (χ1n) is 7.12. The van der Waals surface area contributed by atoms with Gasteiger partial charge in [-0.25, -0.2) is 4.98 Å². The number of halogens is 1. The van der Waals surface area contributed by atoms with E-state index in [4.69, 9.17) is 11.6 Å². The lowest BCUT2D eigenvalue weighted by Crippen LogP contribution is -2.19. The van der Waals surface area contributed by atoms with Gasteiger partial charge in [-0.05, 0) is 48.4 Å². The SMILES string of the molecule is Cc1cnc(Cl)c(NC2CCC(C)c3ccccc32)c1. The molecule has 2 atom stereocenters. The van der Waals surface area contributed by atoms with Crippen LogP contribution in [0.25, 0.3) is 0 Å². The molecule has 0 amide bonds. The third-order valence-electron chi connectivity index (χ3n) is 4.10. The number of hydrogen-bond acceptors (Lipinski definition) is 2. The zero-order valence-electron chi connectivity index (χ0n) is 11.9. The van der Waals surface area contributed by atoms with Crippen LogP contribution in [0.1, 0.15) is 48.4 Å². The van der Waals surface area contributed by atoms with Gasteiger partial charge < -0.3 is 5.32 Å². The van der Waals surface area contributed by atoms with E-state index in [0.717, 1.165) is 17.7 Å². The van der Waals surface area contributed by atoms with Crippen LogP contribution in [0, 0.1) is 6.92 Å². The van der Waals surface area contributed by atoms with E-state index in [9.17, 15) is 0 Å². The van der Waals surface area contributed by atoms with Crippen molar-refractivity contribution in [2.75, 3.05) is 5.32 Å². The Balaban J connectivity index is 1.92. The van der Waals surface area contributed by atoms with Gasteiger partial charge in [-0.2, -0.15) is 0 Å². The van der Waals surface area contributed by atoms with Gasteiger partial charge in [0.15, 0.2) is 5.15 Å². The minimum Gasteiger partial charge on any atom is -0.376 e. The van der Waals surface area contributed by atoms with Gasteiger partial charge in [0.05, 0.1) is 11.7 Å². The molecule has 0 spiro atoms. The molecule has 2 aromatic rings. The zero-order chi connectivity index (χ0) is 14.1. The molecule has 1 aromatic heterocycles. The molecule has 0 radical (unpaired) electrons. The predicted octanol–water partition coefficient (Wildman–Crippen LogP) is 5.09. The Bertz CT molecular complexity index is 624. The highest BCUT2D eigenvalue weighted by Gasteiger charge is 2.24. The second-order valence-corrected chi connectivity index (χ2v) is 6.01. The van der Waals surface area contributed by atoms with E-state index in [0.29, 0.717) is 17.1 Å². The number of aryl methyl sites for hydroxylation is 1. The Labute approximate surface area is 125 Å². The molecule has 3 heteroatoms. The minimum atomic E-state index is 0.323. The van der Waals surface area contributed by atoms with Crippen LogP contribution in [-0.2, 0) is 0 Å². The molecule has 20 heavy (non-hydrogen) atoms. The smallest absolute Gasteiger partial charge is 0.152 e. The number of aromatic nitrogens is 1. The van der Waals surface area contributed by atoms with Crippen molar-refractivity contribution in [2.24, 2.45) is 0 Å². The summed E-state index contributed by atoms with van der Waals surface area (Å²) in [7, 11) is 0. The minimum absolute atomic E-state index is 0.323. The second kappa shape index (κ2) is 5.45. The fraction of sp³-hybridized carbons (Fsp3) is 0.353. The molecular weight excluding hydrogens is 268 g/mol. The average molecular weight is 287 g/mol. The van der Waals surface area contributed by atoms with Gasteiger partial charge in [0, 0.05) is 6.20 Å². The number of pyridine rings is 1. The Morgan fingerprint density at radius 1 is 1.20 bits per heavy atom.